The Kier molecular flexibility index (Phi) is 3.87. The average molecular weight is 274 g/mol. The molecule has 0 radical (unpaired) electrons. The number of thiophene rings is 1. The third-order valence-electron chi connectivity index (χ3n) is 2.89. The maximum absolute atomic E-state index is 12.2. The minimum absolute atomic E-state index is 0.450. The van der Waals surface area contributed by atoms with Crippen LogP contribution in [0.5, 0.6) is 0 Å². The van der Waals surface area contributed by atoms with E-state index in [1.54, 1.807) is 13.1 Å². The van der Waals surface area contributed by atoms with E-state index < -0.39 is 10.0 Å². The van der Waals surface area contributed by atoms with Gasteiger partial charge in [-0.1, -0.05) is 0 Å². The molecule has 0 aromatic carbocycles. The van der Waals surface area contributed by atoms with Crippen LogP contribution in [-0.4, -0.2) is 33.4 Å². The van der Waals surface area contributed by atoms with Crippen LogP contribution in [0.25, 0.3) is 0 Å². The van der Waals surface area contributed by atoms with Crippen LogP contribution in [-0.2, 0) is 16.6 Å². The van der Waals surface area contributed by atoms with Crippen molar-refractivity contribution in [1.82, 2.24) is 9.62 Å². The van der Waals surface area contributed by atoms with Gasteiger partial charge in [-0.15, -0.1) is 11.3 Å². The third-order valence-corrected chi connectivity index (χ3v) is 6.17. The predicted octanol–water partition coefficient (Wildman–Crippen LogP) is 1.50. The van der Waals surface area contributed by atoms with E-state index in [-0.39, 0.29) is 0 Å². The lowest BCUT2D eigenvalue weighted by molar-refractivity contribution is 0.454. The van der Waals surface area contributed by atoms with Crippen LogP contribution in [0.1, 0.15) is 18.4 Å². The number of sulfonamides is 1. The zero-order chi connectivity index (χ0) is 12.5. The van der Waals surface area contributed by atoms with Gasteiger partial charge in [0.2, 0.25) is 0 Å². The molecular formula is C11H18N2O2S2. The predicted molar refractivity (Wildman–Crippen MR) is 69.6 cm³/mol. The Labute approximate surface area is 107 Å². The van der Waals surface area contributed by atoms with Crippen molar-refractivity contribution in [2.75, 3.05) is 20.6 Å². The van der Waals surface area contributed by atoms with E-state index in [4.69, 9.17) is 0 Å². The number of rotatable bonds is 6. The third kappa shape index (κ3) is 3.07. The molecule has 0 aliphatic heterocycles. The molecule has 0 unspecified atom stereocenters. The van der Waals surface area contributed by atoms with Gasteiger partial charge in [0, 0.05) is 20.1 Å². The Morgan fingerprint density at radius 1 is 1.53 bits per heavy atom. The second kappa shape index (κ2) is 5.06. The molecule has 6 heteroatoms. The van der Waals surface area contributed by atoms with Crippen molar-refractivity contribution in [3.05, 3.63) is 17.0 Å². The Morgan fingerprint density at radius 3 is 2.82 bits per heavy atom. The zero-order valence-corrected chi connectivity index (χ0v) is 11.8. The van der Waals surface area contributed by atoms with E-state index in [0.717, 1.165) is 18.4 Å². The molecule has 2 rings (SSSR count). The summed E-state index contributed by atoms with van der Waals surface area (Å²) < 4.78 is 26.4. The SMILES string of the molecule is CNCc1csc(S(=O)(=O)N(C)CC2CC2)c1. The second-order valence-corrected chi connectivity index (χ2v) is 7.72. The van der Waals surface area contributed by atoms with E-state index >= 15 is 0 Å². The Hall–Kier alpha value is -0.430. The van der Waals surface area contributed by atoms with Crippen molar-refractivity contribution in [3.8, 4) is 0 Å². The molecule has 1 aliphatic rings. The maximum atomic E-state index is 12.2. The highest BCUT2D eigenvalue weighted by Crippen LogP contribution is 2.32. The monoisotopic (exact) mass is 274 g/mol. The molecule has 1 heterocycles. The fourth-order valence-electron chi connectivity index (χ4n) is 1.70. The summed E-state index contributed by atoms with van der Waals surface area (Å²) in [5, 5.41) is 4.92. The van der Waals surface area contributed by atoms with Crippen molar-refractivity contribution in [2.24, 2.45) is 5.92 Å². The largest absolute Gasteiger partial charge is 0.316 e. The summed E-state index contributed by atoms with van der Waals surface area (Å²) in [4.78, 5) is 0. The molecule has 1 aromatic rings. The Morgan fingerprint density at radius 2 is 2.24 bits per heavy atom. The van der Waals surface area contributed by atoms with Crippen molar-refractivity contribution in [2.45, 2.75) is 23.6 Å². The quantitative estimate of drug-likeness (QED) is 0.855. The van der Waals surface area contributed by atoms with Crippen molar-refractivity contribution in [1.29, 1.82) is 0 Å². The first-order valence-electron chi connectivity index (χ1n) is 5.72. The summed E-state index contributed by atoms with van der Waals surface area (Å²) in [6, 6.07) is 1.76. The summed E-state index contributed by atoms with van der Waals surface area (Å²) >= 11 is 1.30. The van der Waals surface area contributed by atoms with E-state index in [0.29, 0.717) is 23.2 Å². The number of nitrogens with zero attached hydrogens (tertiary/aromatic N) is 1. The summed E-state index contributed by atoms with van der Waals surface area (Å²) in [6.07, 6.45) is 2.32. The van der Waals surface area contributed by atoms with Gasteiger partial charge in [-0.25, -0.2) is 8.42 Å². The first-order valence-corrected chi connectivity index (χ1v) is 8.04. The van der Waals surface area contributed by atoms with Crippen LogP contribution >= 0.6 is 11.3 Å². The first-order chi connectivity index (χ1) is 8.04. The second-order valence-electron chi connectivity index (χ2n) is 4.53. The minimum Gasteiger partial charge on any atom is -0.316 e. The summed E-state index contributed by atoms with van der Waals surface area (Å²) in [6.45, 7) is 1.36. The summed E-state index contributed by atoms with van der Waals surface area (Å²) in [5.41, 5.74) is 1.02. The smallest absolute Gasteiger partial charge is 0.252 e. The molecule has 1 saturated carbocycles. The van der Waals surface area contributed by atoms with Gasteiger partial charge in [-0.3, -0.25) is 0 Å². The van der Waals surface area contributed by atoms with Gasteiger partial charge in [0.05, 0.1) is 0 Å². The molecule has 0 spiro atoms. The lowest BCUT2D eigenvalue weighted by Crippen LogP contribution is -2.28. The molecule has 0 bridgehead atoms. The molecule has 0 saturated heterocycles. The molecule has 4 nitrogen and oxygen atoms in total. The standard InChI is InChI=1S/C11H18N2O2S2/c1-12-6-10-5-11(16-8-10)17(14,15)13(2)7-9-3-4-9/h5,8-9,12H,3-4,6-7H2,1-2H3. The number of nitrogens with one attached hydrogen (secondary N) is 1. The molecular weight excluding hydrogens is 256 g/mol. The fourth-order valence-corrected chi connectivity index (χ4v) is 4.37. The highest BCUT2D eigenvalue weighted by molar-refractivity contribution is 7.91. The summed E-state index contributed by atoms with van der Waals surface area (Å²) in [5.74, 6) is 0.575. The fraction of sp³-hybridized carbons (Fsp3) is 0.636. The highest BCUT2D eigenvalue weighted by atomic mass is 32.2. The van der Waals surface area contributed by atoms with Gasteiger partial charge < -0.3 is 5.32 Å². The molecule has 0 amide bonds. The molecule has 17 heavy (non-hydrogen) atoms. The van der Waals surface area contributed by atoms with Crippen LogP contribution in [0, 0.1) is 5.92 Å². The van der Waals surface area contributed by atoms with Crippen LogP contribution < -0.4 is 5.32 Å². The normalized spacial score (nSPS) is 16.6. The van der Waals surface area contributed by atoms with Gasteiger partial charge in [-0.2, -0.15) is 4.31 Å². The highest BCUT2D eigenvalue weighted by Gasteiger charge is 2.29. The Balaban J connectivity index is 2.11. The molecule has 1 N–H and O–H groups in total. The zero-order valence-electron chi connectivity index (χ0n) is 10.1. The lowest BCUT2D eigenvalue weighted by atomic mass is 10.3. The summed E-state index contributed by atoms with van der Waals surface area (Å²) in [7, 11) is 0.257. The topological polar surface area (TPSA) is 49.4 Å². The van der Waals surface area contributed by atoms with E-state index in [2.05, 4.69) is 5.32 Å². The van der Waals surface area contributed by atoms with Crippen molar-refractivity contribution in [3.63, 3.8) is 0 Å². The first kappa shape index (κ1) is 13.0. The molecule has 1 fully saturated rings. The minimum atomic E-state index is -3.27. The molecule has 96 valence electrons. The van der Waals surface area contributed by atoms with Crippen LogP contribution in [0.4, 0.5) is 0 Å². The van der Waals surface area contributed by atoms with Crippen molar-refractivity contribution >= 4 is 21.4 Å². The van der Waals surface area contributed by atoms with Gasteiger partial charge in [0.15, 0.2) is 0 Å². The molecule has 1 aliphatic carbocycles. The average Bonchev–Trinajstić information content (AvgIpc) is 2.95. The van der Waals surface area contributed by atoms with Crippen LogP contribution in [0.3, 0.4) is 0 Å². The molecule has 0 atom stereocenters. The van der Waals surface area contributed by atoms with E-state index in [1.807, 2.05) is 12.4 Å². The van der Waals surface area contributed by atoms with Gasteiger partial charge in [0.25, 0.3) is 10.0 Å². The van der Waals surface area contributed by atoms with Crippen LogP contribution in [0.2, 0.25) is 0 Å². The van der Waals surface area contributed by atoms with Crippen LogP contribution in [0.15, 0.2) is 15.7 Å². The Bertz CT molecular complexity index is 477. The van der Waals surface area contributed by atoms with Gasteiger partial charge in [0.1, 0.15) is 4.21 Å². The van der Waals surface area contributed by atoms with E-state index in [9.17, 15) is 8.42 Å². The number of hydrogen-bond donors (Lipinski definition) is 1. The van der Waals surface area contributed by atoms with Gasteiger partial charge in [-0.05, 0) is 42.8 Å². The van der Waals surface area contributed by atoms with E-state index in [1.165, 1.54) is 15.6 Å². The maximum Gasteiger partial charge on any atom is 0.252 e. The van der Waals surface area contributed by atoms with Gasteiger partial charge >= 0.3 is 0 Å². The molecule has 1 aromatic heterocycles. The number of hydrogen-bond acceptors (Lipinski definition) is 4. The lowest BCUT2D eigenvalue weighted by Gasteiger charge is -2.15. The van der Waals surface area contributed by atoms with Crippen molar-refractivity contribution < 1.29 is 8.42 Å².